The van der Waals surface area contributed by atoms with Gasteiger partial charge >= 0.3 is 0 Å². The summed E-state index contributed by atoms with van der Waals surface area (Å²) in [6.07, 6.45) is 4.05. The first-order chi connectivity index (χ1) is 12.9. The van der Waals surface area contributed by atoms with Gasteiger partial charge in [0.1, 0.15) is 11.3 Å². The van der Waals surface area contributed by atoms with E-state index in [1.54, 1.807) is 0 Å². The van der Waals surface area contributed by atoms with Gasteiger partial charge in [-0.05, 0) is 35.4 Å². The summed E-state index contributed by atoms with van der Waals surface area (Å²) in [5, 5.41) is 1.10. The number of para-hydroxylation sites is 1. The monoisotopic (exact) mass is 340 g/mol. The lowest BCUT2D eigenvalue weighted by Crippen LogP contribution is -1.94. The Hall–Kier alpha value is -3.46. The van der Waals surface area contributed by atoms with Gasteiger partial charge in [0.25, 0.3) is 0 Å². The lowest BCUT2D eigenvalue weighted by atomic mass is 9.97. The van der Waals surface area contributed by atoms with E-state index in [-0.39, 0.29) is 6.79 Å². The zero-order chi connectivity index (χ0) is 17.3. The topological polar surface area (TPSA) is 31.6 Å². The van der Waals surface area contributed by atoms with Crippen molar-refractivity contribution in [1.82, 2.24) is 0 Å². The number of hydrogen-bond donors (Lipinski definition) is 0. The molecule has 0 fully saturated rings. The molecule has 0 atom stereocenters. The Kier molecular flexibility index (Phi) is 3.49. The highest BCUT2D eigenvalue weighted by Crippen LogP contribution is 2.44. The van der Waals surface area contributed by atoms with Crippen molar-refractivity contribution in [3.63, 3.8) is 0 Å². The molecular weight excluding hydrogens is 324 g/mol. The maximum absolute atomic E-state index is 5.89. The van der Waals surface area contributed by atoms with Gasteiger partial charge in [-0.25, -0.2) is 0 Å². The van der Waals surface area contributed by atoms with Crippen molar-refractivity contribution in [3.8, 4) is 22.6 Å². The summed E-state index contributed by atoms with van der Waals surface area (Å²) in [5.41, 5.74) is 4.08. The Bertz CT molecular complexity index is 1070. The van der Waals surface area contributed by atoms with Crippen molar-refractivity contribution in [2.45, 2.75) is 0 Å². The van der Waals surface area contributed by atoms with Gasteiger partial charge in [-0.3, -0.25) is 0 Å². The first-order valence-electron chi connectivity index (χ1n) is 8.53. The van der Waals surface area contributed by atoms with Crippen molar-refractivity contribution >= 4 is 23.1 Å². The third kappa shape index (κ3) is 2.54. The maximum atomic E-state index is 5.89. The molecule has 1 aromatic heterocycles. The minimum absolute atomic E-state index is 0.256. The van der Waals surface area contributed by atoms with Gasteiger partial charge in [0, 0.05) is 10.9 Å². The van der Waals surface area contributed by atoms with Crippen LogP contribution in [0.4, 0.5) is 0 Å². The highest BCUT2D eigenvalue weighted by Gasteiger charge is 2.21. The number of hydrogen-bond acceptors (Lipinski definition) is 3. The number of rotatable bonds is 3. The van der Waals surface area contributed by atoms with Gasteiger partial charge in [0.2, 0.25) is 6.79 Å². The van der Waals surface area contributed by atoms with Crippen LogP contribution >= 0.6 is 0 Å². The van der Waals surface area contributed by atoms with E-state index < -0.39 is 0 Å². The van der Waals surface area contributed by atoms with Crippen LogP contribution in [0.15, 0.2) is 77.2 Å². The summed E-state index contributed by atoms with van der Waals surface area (Å²) in [4.78, 5) is 0. The summed E-state index contributed by atoms with van der Waals surface area (Å²) in [6, 6.07) is 24.3. The van der Waals surface area contributed by atoms with Crippen LogP contribution in [0.2, 0.25) is 0 Å². The van der Waals surface area contributed by atoms with Gasteiger partial charge in [-0.15, -0.1) is 0 Å². The average molecular weight is 340 g/mol. The molecule has 5 rings (SSSR count). The van der Waals surface area contributed by atoms with Gasteiger partial charge in [0.15, 0.2) is 11.5 Å². The molecule has 4 aromatic rings. The lowest BCUT2D eigenvalue weighted by molar-refractivity contribution is 0.174. The molecule has 1 aliphatic rings. The molecule has 0 saturated heterocycles. The molecule has 0 unspecified atom stereocenters. The zero-order valence-electron chi connectivity index (χ0n) is 14.0. The van der Waals surface area contributed by atoms with E-state index in [9.17, 15) is 0 Å². The van der Waals surface area contributed by atoms with Gasteiger partial charge in [-0.1, -0.05) is 60.7 Å². The molecule has 126 valence electrons. The number of benzene rings is 3. The zero-order valence-corrected chi connectivity index (χ0v) is 14.0. The molecule has 2 heterocycles. The minimum Gasteiger partial charge on any atom is -0.457 e. The van der Waals surface area contributed by atoms with Crippen LogP contribution in [0.1, 0.15) is 11.3 Å². The van der Waals surface area contributed by atoms with Crippen LogP contribution in [-0.2, 0) is 0 Å². The first kappa shape index (κ1) is 14.8. The molecule has 3 heteroatoms. The van der Waals surface area contributed by atoms with E-state index in [0.29, 0.717) is 0 Å². The van der Waals surface area contributed by atoms with Crippen LogP contribution < -0.4 is 9.47 Å². The van der Waals surface area contributed by atoms with Crippen LogP contribution in [0.25, 0.3) is 34.2 Å². The fraction of sp³-hybridized carbons (Fsp3) is 0.0435. The predicted octanol–water partition coefficient (Wildman–Crippen LogP) is 6.00. The van der Waals surface area contributed by atoms with Crippen molar-refractivity contribution in [1.29, 1.82) is 0 Å². The molecule has 26 heavy (non-hydrogen) atoms. The Morgan fingerprint density at radius 3 is 2.50 bits per heavy atom. The minimum atomic E-state index is 0.256. The van der Waals surface area contributed by atoms with Gasteiger partial charge in [0.05, 0.1) is 0 Å². The fourth-order valence-corrected chi connectivity index (χ4v) is 3.29. The molecule has 0 N–H and O–H groups in total. The molecule has 3 nitrogen and oxygen atoms in total. The molecule has 0 radical (unpaired) electrons. The summed E-state index contributed by atoms with van der Waals surface area (Å²) >= 11 is 0. The van der Waals surface area contributed by atoms with E-state index in [0.717, 1.165) is 44.9 Å². The second-order valence-corrected chi connectivity index (χ2v) is 6.15. The average Bonchev–Trinajstić information content (AvgIpc) is 3.32. The molecule has 1 aliphatic heterocycles. The van der Waals surface area contributed by atoms with E-state index in [1.165, 1.54) is 0 Å². The lowest BCUT2D eigenvalue weighted by Gasteiger charge is -2.10. The van der Waals surface area contributed by atoms with Crippen LogP contribution in [-0.4, -0.2) is 6.79 Å². The SMILES string of the molecule is C(=Cc1ccc2c(c1-c1ccccc1)OCO2)c1cc2ccccc2o1. The Morgan fingerprint density at radius 2 is 1.62 bits per heavy atom. The van der Waals surface area contributed by atoms with E-state index >= 15 is 0 Å². The standard InChI is InChI=1S/C23H16O3/c1-2-6-16(7-3-1)22-17(11-13-21-23(22)25-15-24-21)10-12-19-14-18-8-4-5-9-20(18)26-19/h1-14H,15H2. The number of fused-ring (bicyclic) bond motifs is 2. The van der Waals surface area contributed by atoms with Gasteiger partial charge in [-0.2, -0.15) is 0 Å². The Labute approximate surface area is 151 Å². The van der Waals surface area contributed by atoms with E-state index in [2.05, 4.69) is 24.3 Å². The summed E-state index contributed by atoms with van der Waals surface area (Å²) in [5.74, 6) is 2.40. The largest absolute Gasteiger partial charge is 0.457 e. The van der Waals surface area contributed by atoms with E-state index in [1.807, 2.05) is 60.7 Å². The van der Waals surface area contributed by atoms with Crippen molar-refractivity contribution < 1.29 is 13.9 Å². The second-order valence-electron chi connectivity index (χ2n) is 6.15. The third-order valence-electron chi connectivity index (χ3n) is 4.51. The normalized spacial score (nSPS) is 12.9. The summed E-state index contributed by atoms with van der Waals surface area (Å²) in [7, 11) is 0. The number of ether oxygens (including phenoxy) is 2. The predicted molar refractivity (Wildman–Crippen MR) is 103 cm³/mol. The second kappa shape index (κ2) is 6.12. The van der Waals surface area contributed by atoms with Crippen LogP contribution in [0, 0.1) is 0 Å². The fourth-order valence-electron chi connectivity index (χ4n) is 3.29. The van der Waals surface area contributed by atoms with E-state index in [4.69, 9.17) is 13.9 Å². The molecular formula is C23H16O3. The molecule has 0 saturated carbocycles. The van der Waals surface area contributed by atoms with Crippen molar-refractivity contribution in [2.75, 3.05) is 6.79 Å². The maximum Gasteiger partial charge on any atom is 0.231 e. The smallest absolute Gasteiger partial charge is 0.231 e. The number of furan rings is 1. The summed E-state index contributed by atoms with van der Waals surface area (Å²) < 4.78 is 17.2. The molecule has 0 amide bonds. The quantitative estimate of drug-likeness (QED) is 0.458. The van der Waals surface area contributed by atoms with Gasteiger partial charge < -0.3 is 13.9 Å². The molecule has 3 aromatic carbocycles. The third-order valence-corrected chi connectivity index (χ3v) is 4.51. The van der Waals surface area contributed by atoms with Crippen LogP contribution in [0.5, 0.6) is 11.5 Å². The highest BCUT2D eigenvalue weighted by molar-refractivity contribution is 5.87. The molecule has 0 spiro atoms. The molecule has 0 aliphatic carbocycles. The van der Waals surface area contributed by atoms with Crippen LogP contribution in [0.3, 0.4) is 0 Å². The molecule has 0 bridgehead atoms. The summed E-state index contributed by atoms with van der Waals surface area (Å²) in [6.45, 7) is 0.256. The van der Waals surface area contributed by atoms with Crippen molar-refractivity contribution in [3.05, 3.63) is 84.1 Å². The Balaban J connectivity index is 1.60. The highest BCUT2D eigenvalue weighted by atomic mass is 16.7. The van der Waals surface area contributed by atoms with Crippen molar-refractivity contribution in [2.24, 2.45) is 0 Å². The first-order valence-corrected chi connectivity index (χ1v) is 8.53. The Morgan fingerprint density at radius 1 is 0.769 bits per heavy atom.